The van der Waals surface area contributed by atoms with E-state index < -0.39 is 6.10 Å². The maximum atomic E-state index is 9.63. The maximum absolute atomic E-state index is 9.63. The second-order valence-electron chi connectivity index (χ2n) is 3.51. The Morgan fingerprint density at radius 3 is 2.89 bits per heavy atom. The van der Waals surface area contributed by atoms with Crippen molar-refractivity contribution in [3.63, 3.8) is 0 Å². The molecule has 0 aliphatic rings. The molecule has 0 fully saturated rings. The molecule has 96 valence electrons. The van der Waals surface area contributed by atoms with Crippen molar-refractivity contribution >= 4 is 0 Å². The third kappa shape index (κ3) is 2.60. The zero-order chi connectivity index (χ0) is 13.0. The van der Waals surface area contributed by atoms with Gasteiger partial charge in [-0.05, 0) is 19.0 Å². The van der Waals surface area contributed by atoms with E-state index in [2.05, 4.69) is 20.3 Å². The minimum Gasteiger partial charge on any atom is -0.480 e. The predicted octanol–water partition coefficient (Wildman–Crippen LogP) is -0.0826. The fourth-order valence-electron chi connectivity index (χ4n) is 1.30. The van der Waals surface area contributed by atoms with Crippen LogP contribution in [0.4, 0.5) is 0 Å². The molecule has 2 aromatic rings. The van der Waals surface area contributed by atoms with Crippen molar-refractivity contribution in [2.24, 2.45) is 5.73 Å². The molecule has 8 nitrogen and oxygen atoms in total. The third-order valence-electron chi connectivity index (χ3n) is 2.25. The van der Waals surface area contributed by atoms with Crippen molar-refractivity contribution in [3.8, 4) is 17.4 Å². The third-order valence-corrected chi connectivity index (χ3v) is 2.25. The number of ether oxygens (including phenoxy) is 1. The van der Waals surface area contributed by atoms with Gasteiger partial charge in [-0.15, -0.1) is 10.2 Å². The molecular weight excluding hydrogens is 238 g/mol. The fraction of sp³-hybridized carbons (Fsp3) is 0.400. The van der Waals surface area contributed by atoms with E-state index in [9.17, 15) is 5.11 Å². The van der Waals surface area contributed by atoms with Gasteiger partial charge in [0.05, 0.1) is 7.11 Å². The van der Waals surface area contributed by atoms with Crippen molar-refractivity contribution in [3.05, 3.63) is 18.0 Å². The zero-order valence-corrected chi connectivity index (χ0v) is 9.78. The van der Waals surface area contributed by atoms with Gasteiger partial charge in [0.1, 0.15) is 11.8 Å². The number of aromatic nitrogens is 4. The molecule has 0 aliphatic heterocycles. The van der Waals surface area contributed by atoms with Crippen molar-refractivity contribution in [1.29, 1.82) is 0 Å². The number of nitrogens with zero attached hydrogens (tertiary/aromatic N) is 4. The highest BCUT2D eigenvalue weighted by Crippen LogP contribution is 2.18. The lowest BCUT2D eigenvalue weighted by Gasteiger charge is -2.00. The summed E-state index contributed by atoms with van der Waals surface area (Å²) in [6.45, 7) is 0.335. The van der Waals surface area contributed by atoms with E-state index in [-0.39, 0.29) is 11.7 Å². The van der Waals surface area contributed by atoms with Crippen LogP contribution in [0, 0.1) is 0 Å². The molecule has 0 spiro atoms. The number of aliphatic hydroxyl groups excluding tert-OH is 1. The Morgan fingerprint density at radius 2 is 2.28 bits per heavy atom. The first kappa shape index (κ1) is 12.4. The zero-order valence-electron chi connectivity index (χ0n) is 9.78. The van der Waals surface area contributed by atoms with Crippen LogP contribution in [0.2, 0.25) is 0 Å². The van der Waals surface area contributed by atoms with E-state index in [0.717, 1.165) is 0 Å². The van der Waals surface area contributed by atoms with E-state index in [1.54, 1.807) is 12.1 Å². The topological polar surface area (TPSA) is 120 Å². The SMILES string of the molecule is COc1ccc(-c2noc(C(O)CCN)n2)nn1. The Bertz CT molecular complexity index is 498. The molecule has 2 aromatic heterocycles. The Hall–Kier alpha value is -2.06. The van der Waals surface area contributed by atoms with Gasteiger partial charge in [-0.1, -0.05) is 5.16 Å². The summed E-state index contributed by atoms with van der Waals surface area (Å²) in [7, 11) is 1.50. The van der Waals surface area contributed by atoms with Gasteiger partial charge in [0, 0.05) is 6.07 Å². The number of aliphatic hydroxyl groups is 1. The second kappa shape index (κ2) is 5.52. The van der Waals surface area contributed by atoms with Crippen LogP contribution in [0.5, 0.6) is 5.88 Å². The summed E-state index contributed by atoms with van der Waals surface area (Å²) < 4.78 is 9.81. The standard InChI is InChI=1S/C10H13N5O3/c1-17-8-3-2-6(13-14-8)9-12-10(18-15-9)7(16)4-5-11/h2-3,7,16H,4-5,11H2,1H3. The van der Waals surface area contributed by atoms with E-state index >= 15 is 0 Å². The first-order valence-corrected chi connectivity index (χ1v) is 5.34. The largest absolute Gasteiger partial charge is 0.480 e. The molecule has 0 saturated carbocycles. The molecule has 0 aliphatic carbocycles. The van der Waals surface area contributed by atoms with Crippen LogP contribution in [0.25, 0.3) is 11.5 Å². The summed E-state index contributed by atoms with van der Waals surface area (Å²) >= 11 is 0. The van der Waals surface area contributed by atoms with Gasteiger partial charge in [-0.25, -0.2) is 0 Å². The Morgan fingerprint density at radius 1 is 1.44 bits per heavy atom. The molecule has 0 saturated heterocycles. The van der Waals surface area contributed by atoms with Gasteiger partial charge < -0.3 is 20.1 Å². The lowest BCUT2D eigenvalue weighted by Crippen LogP contribution is -2.06. The highest BCUT2D eigenvalue weighted by molar-refractivity contribution is 5.47. The molecule has 0 aromatic carbocycles. The second-order valence-corrected chi connectivity index (χ2v) is 3.51. The molecule has 3 N–H and O–H groups in total. The molecule has 18 heavy (non-hydrogen) atoms. The van der Waals surface area contributed by atoms with Gasteiger partial charge in [0.25, 0.3) is 5.89 Å². The van der Waals surface area contributed by atoms with E-state index in [1.165, 1.54) is 7.11 Å². The van der Waals surface area contributed by atoms with Crippen LogP contribution >= 0.6 is 0 Å². The minimum atomic E-state index is -0.859. The number of hydrogen-bond acceptors (Lipinski definition) is 8. The average molecular weight is 251 g/mol. The molecule has 2 rings (SSSR count). The van der Waals surface area contributed by atoms with Crippen LogP contribution in [-0.4, -0.2) is 39.1 Å². The smallest absolute Gasteiger partial charge is 0.255 e. The lowest BCUT2D eigenvalue weighted by atomic mass is 10.2. The molecule has 2 heterocycles. The maximum Gasteiger partial charge on any atom is 0.255 e. The molecule has 1 unspecified atom stereocenters. The van der Waals surface area contributed by atoms with Gasteiger partial charge >= 0.3 is 0 Å². The Labute approximate surface area is 103 Å². The molecule has 0 amide bonds. The van der Waals surface area contributed by atoms with Crippen LogP contribution in [0.3, 0.4) is 0 Å². The number of nitrogens with two attached hydrogens (primary N) is 1. The number of methoxy groups -OCH3 is 1. The van der Waals surface area contributed by atoms with Crippen molar-refractivity contribution in [1.82, 2.24) is 20.3 Å². The Balaban J connectivity index is 2.18. The summed E-state index contributed by atoms with van der Waals surface area (Å²) in [5.74, 6) is 0.773. The molecular formula is C10H13N5O3. The summed E-state index contributed by atoms with van der Waals surface area (Å²) in [5, 5.41) is 21.0. The summed E-state index contributed by atoms with van der Waals surface area (Å²) in [4.78, 5) is 4.03. The molecule has 8 heteroatoms. The van der Waals surface area contributed by atoms with Crippen LogP contribution in [0.1, 0.15) is 18.4 Å². The van der Waals surface area contributed by atoms with E-state index in [4.69, 9.17) is 15.0 Å². The number of hydrogen-bond donors (Lipinski definition) is 2. The monoisotopic (exact) mass is 251 g/mol. The molecule has 0 radical (unpaired) electrons. The normalized spacial score (nSPS) is 12.4. The van der Waals surface area contributed by atoms with Crippen molar-refractivity contribution < 1.29 is 14.4 Å². The minimum absolute atomic E-state index is 0.119. The highest BCUT2D eigenvalue weighted by Gasteiger charge is 2.17. The number of rotatable bonds is 5. The first-order valence-electron chi connectivity index (χ1n) is 5.34. The molecule has 0 bridgehead atoms. The van der Waals surface area contributed by atoms with E-state index in [0.29, 0.717) is 24.5 Å². The van der Waals surface area contributed by atoms with Crippen molar-refractivity contribution in [2.75, 3.05) is 13.7 Å². The fourth-order valence-corrected chi connectivity index (χ4v) is 1.30. The average Bonchev–Trinajstić information content (AvgIpc) is 2.89. The van der Waals surface area contributed by atoms with Gasteiger partial charge in [-0.2, -0.15) is 4.98 Å². The summed E-state index contributed by atoms with van der Waals surface area (Å²) in [5.41, 5.74) is 5.77. The summed E-state index contributed by atoms with van der Waals surface area (Å²) in [6, 6.07) is 3.28. The van der Waals surface area contributed by atoms with Gasteiger partial charge in [0.2, 0.25) is 11.7 Å². The Kier molecular flexibility index (Phi) is 3.80. The highest BCUT2D eigenvalue weighted by atomic mass is 16.5. The van der Waals surface area contributed by atoms with E-state index in [1.807, 2.05) is 0 Å². The lowest BCUT2D eigenvalue weighted by molar-refractivity contribution is 0.127. The molecule has 1 atom stereocenters. The predicted molar refractivity (Wildman–Crippen MR) is 60.5 cm³/mol. The van der Waals surface area contributed by atoms with Crippen LogP contribution in [-0.2, 0) is 0 Å². The van der Waals surface area contributed by atoms with Gasteiger partial charge in [0.15, 0.2) is 0 Å². The first-order chi connectivity index (χ1) is 8.74. The van der Waals surface area contributed by atoms with Gasteiger partial charge in [-0.3, -0.25) is 0 Å². The van der Waals surface area contributed by atoms with Crippen LogP contribution < -0.4 is 10.5 Å². The quantitative estimate of drug-likeness (QED) is 0.756. The summed E-state index contributed by atoms with van der Waals surface area (Å²) in [6.07, 6.45) is -0.502. The van der Waals surface area contributed by atoms with Crippen molar-refractivity contribution in [2.45, 2.75) is 12.5 Å². The van der Waals surface area contributed by atoms with Crippen LogP contribution in [0.15, 0.2) is 16.7 Å².